The number of thioether (sulfide) groups is 1. The molecule has 6 heteroatoms. The largest absolute Gasteiger partial charge is 0.323 e. The minimum absolute atomic E-state index is 0.0364. The first-order valence-corrected chi connectivity index (χ1v) is 9.59. The number of amides is 2. The molecule has 0 radical (unpaired) electrons. The normalized spacial score (nSPS) is 25.3. The first-order valence-electron chi connectivity index (χ1n) is 7.63. The molecule has 0 saturated carbocycles. The standard InChI is InChI=1S/C18H15IN2O2S/c1-10-3-8-15-14(9-10)18(17(23)20-15)21(16(22)11(2)24-18)13-6-4-12(19)5-7-13/h3-9,11H,1-2H3,(H,20,23)/t11-,18-/m1/s1. The zero-order valence-corrected chi connectivity index (χ0v) is 16.1. The van der Waals surface area contributed by atoms with Gasteiger partial charge in [-0.2, -0.15) is 0 Å². The quantitative estimate of drug-likeness (QED) is 0.672. The van der Waals surface area contributed by atoms with Gasteiger partial charge in [0, 0.05) is 20.5 Å². The molecule has 4 rings (SSSR count). The van der Waals surface area contributed by atoms with Gasteiger partial charge < -0.3 is 5.32 Å². The molecule has 2 aliphatic rings. The molecule has 1 saturated heterocycles. The third-order valence-electron chi connectivity index (χ3n) is 4.41. The van der Waals surface area contributed by atoms with Gasteiger partial charge in [0.05, 0.1) is 5.25 Å². The van der Waals surface area contributed by atoms with Gasteiger partial charge in [-0.3, -0.25) is 14.5 Å². The van der Waals surface area contributed by atoms with Crippen LogP contribution in [-0.4, -0.2) is 17.1 Å². The lowest BCUT2D eigenvalue weighted by Crippen LogP contribution is -2.47. The molecular formula is C18H15IN2O2S. The Kier molecular flexibility index (Phi) is 3.65. The van der Waals surface area contributed by atoms with Crippen molar-refractivity contribution in [3.8, 4) is 0 Å². The first-order chi connectivity index (χ1) is 11.4. The number of anilines is 2. The molecule has 1 N–H and O–H groups in total. The van der Waals surface area contributed by atoms with E-state index >= 15 is 0 Å². The third-order valence-corrected chi connectivity index (χ3v) is 6.61. The minimum Gasteiger partial charge on any atom is -0.323 e. The summed E-state index contributed by atoms with van der Waals surface area (Å²) in [4.78, 5) is 26.5. The zero-order chi connectivity index (χ0) is 17.1. The van der Waals surface area contributed by atoms with Crippen molar-refractivity contribution < 1.29 is 9.59 Å². The molecule has 1 spiro atoms. The van der Waals surface area contributed by atoms with E-state index in [1.165, 1.54) is 11.8 Å². The van der Waals surface area contributed by atoms with E-state index in [-0.39, 0.29) is 17.1 Å². The van der Waals surface area contributed by atoms with Crippen molar-refractivity contribution in [2.75, 3.05) is 10.2 Å². The molecule has 0 aromatic heterocycles. The Bertz CT molecular complexity index is 868. The number of benzene rings is 2. The second-order valence-corrected chi connectivity index (χ2v) is 8.84. The minimum atomic E-state index is -1.02. The molecular weight excluding hydrogens is 435 g/mol. The lowest BCUT2D eigenvalue weighted by molar-refractivity contribution is -0.122. The number of carbonyl (C=O) groups excluding carboxylic acids is 2. The SMILES string of the molecule is Cc1ccc2c(c1)[C@@]1(S[C@H](C)C(=O)N1c1ccc(I)cc1)C(=O)N2. The van der Waals surface area contributed by atoms with E-state index in [2.05, 4.69) is 27.9 Å². The fourth-order valence-electron chi connectivity index (χ4n) is 3.31. The fraction of sp³-hybridized carbons (Fsp3) is 0.222. The summed E-state index contributed by atoms with van der Waals surface area (Å²) in [7, 11) is 0. The van der Waals surface area contributed by atoms with E-state index in [9.17, 15) is 9.59 Å². The lowest BCUT2D eigenvalue weighted by atomic mass is 10.0. The Labute approximate surface area is 158 Å². The van der Waals surface area contributed by atoms with E-state index in [4.69, 9.17) is 0 Å². The molecule has 122 valence electrons. The molecule has 4 nitrogen and oxygen atoms in total. The van der Waals surface area contributed by atoms with Gasteiger partial charge >= 0.3 is 0 Å². The van der Waals surface area contributed by atoms with Crippen molar-refractivity contribution in [3.05, 3.63) is 57.2 Å². The summed E-state index contributed by atoms with van der Waals surface area (Å²) in [6, 6.07) is 13.6. The molecule has 2 aliphatic heterocycles. The van der Waals surface area contributed by atoms with Crippen molar-refractivity contribution in [1.29, 1.82) is 0 Å². The lowest BCUT2D eigenvalue weighted by Gasteiger charge is -2.32. The highest BCUT2D eigenvalue weighted by Gasteiger charge is 2.60. The highest BCUT2D eigenvalue weighted by Crippen LogP contribution is 2.56. The highest BCUT2D eigenvalue weighted by molar-refractivity contribution is 14.1. The van der Waals surface area contributed by atoms with Gasteiger partial charge in [0.15, 0.2) is 0 Å². The summed E-state index contributed by atoms with van der Waals surface area (Å²) >= 11 is 3.64. The number of rotatable bonds is 1. The number of fused-ring (bicyclic) bond motifs is 2. The van der Waals surface area contributed by atoms with Crippen LogP contribution >= 0.6 is 34.4 Å². The summed E-state index contributed by atoms with van der Waals surface area (Å²) in [6.45, 7) is 3.86. The van der Waals surface area contributed by atoms with Crippen LogP contribution in [0, 0.1) is 10.5 Å². The summed E-state index contributed by atoms with van der Waals surface area (Å²) in [5.74, 6) is -0.185. The number of nitrogens with zero attached hydrogens (tertiary/aromatic N) is 1. The Morgan fingerprint density at radius 1 is 1.17 bits per heavy atom. The molecule has 24 heavy (non-hydrogen) atoms. The Morgan fingerprint density at radius 3 is 2.58 bits per heavy atom. The van der Waals surface area contributed by atoms with Crippen LogP contribution < -0.4 is 10.2 Å². The smallest absolute Gasteiger partial charge is 0.266 e. The van der Waals surface area contributed by atoms with E-state index in [0.29, 0.717) is 0 Å². The Balaban J connectivity index is 1.95. The van der Waals surface area contributed by atoms with Gasteiger partial charge in [-0.15, -0.1) is 11.8 Å². The van der Waals surface area contributed by atoms with Gasteiger partial charge in [-0.05, 0) is 66.8 Å². The number of carbonyl (C=O) groups is 2. The van der Waals surface area contributed by atoms with Crippen molar-refractivity contribution >= 4 is 57.5 Å². The molecule has 2 aromatic carbocycles. The number of nitrogens with one attached hydrogen (secondary N) is 1. The van der Waals surface area contributed by atoms with Crippen molar-refractivity contribution in [2.45, 2.75) is 24.0 Å². The predicted molar refractivity (Wildman–Crippen MR) is 105 cm³/mol. The number of hydrogen-bond donors (Lipinski definition) is 1. The number of aryl methyl sites for hydroxylation is 1. The third kappa shape index (κ3) is 2.12. The predicted octanol–water partition coefficient (Wildman–Crippen LogP) is 3.87. The Morgan fingerprint density at radius 2 is 1.88 bits per heavy atom. The van der Waals surface area contributed by atoms with Crippen molar-refractivity contribution in [1.82, 2.24) is 0 Å². The average Bonchev–Trinajstić information content (AvgIpc) is 2.97. The van der Waals surface area contributed by atoms with Gasteiger partial charge in [0.25, 0.3) is 5.91 Å². The van der Waals surface area contributed by atoms with E-state index in [1.807, 2.05) is 56.3 Å². The average molecular weight is 450 g/mol. The number of halogens is 1. The van der Waals surface area contributed by atoms with Crippen molar-refractivity contribution in [3.63, 3.8) is 0 Å². The summed E-state index contributed by atoms with van der Waals surface area (Å²) in [6.07, 6.45) is 0. The molecule has 0 unspecified atom stereocenters. The van der Waals surface area contributed by atoms with Crippen LogP contribution in [0.2, 0.25) is 0 Å². The van der Waals surface area contributed by atoms with E-state index in [1.54, 1.807) is 4.90 Å². The van der Waals surface area contributed by atoms with Crippen LogP contribution in [0.25, 0.3) is 0 Å². The fourth-order valence-corrected chi connectivity index (χ4v) is 5.14. The Hall–Kier alpha value is -1.54. The molecule has 2 atom stereocenters. The monoisotopic (exact) mass is 450 g/mol. The van der Waals surface area contributed by atoms with Gasteiger partial charge in [0.2, 0.25) is 10.8 Å². The van der Waals surface area contributed by atoms with Crippen LogP contribution in [-0.2, 0) is 14.5 Å². The highest BCUT2D eigenvalue weighted by atomic mass is 127. The van der Waals surface area contributed by atoms with E-state index < -0.39 is 4.87 Å². The second-order valence-electron chi connectivity index (χ2n) is 6.06. The first kappa shape index (κ1) is 16.0. The molecule has 2 aromatic rings. The maximum absolute atomic E-state index is 13.0. The summed E-state index contributed by atoms with van der Waals surface area (Å²) < 4.78 is 1.09. The summed E-state index contributed by atoms with van der Waals surface area (Å²) in [5.41, 5.74) is 3.48. The van der Waals surface area contributed by atoms with Crippen LogP contribution in [0.1, 0.15) is 18.1 Å². The molecule has 1 fully saturated rings. The topological polar surface area (TPSA) is 49.4 Å². The van der Waals surface area contributed by atoms with Gasteiger partial charge in [0.1, 0.15) is 0 Å². The number of hydrogen-bond acceptors (Lipinski definition) is 3. The maximum atomic E-state index is 13.0. The molecule has 0 aliphatic carbocycles. The zero-order valence-electron chi connectivity index (χ0n) is 13.2. The van der Waals surface area contributed by atoms with E-state index in [0.717, 1.165) is 26.1 Å². The van der Waals surface area contributed by atoms with Crippen LogP contribution in [0.3, 0.4) is 0 Å². The van der Waals surface area contributed by atoms with Crippen molar-refractivity contribution in [2.24, 2.45) is 0 Å². The molecule has 2 heterocycles. The molecule has 0 bridgehead atoms. The van der Waals surface area contributed by atoms with Crippen LogP contribution in [0.4, 0.5) is 11.4 Å². The van der Waals surface area contributed by atoms with Gasteiger partial charge in [-0.1, -0.05) is 17.7 Å². The second kappa shape index (κ2) is 5.49. The van der Waals surface area contributed by atoms with Crippen LogP contribution in [0.5, 0.6) is 0 Å². The summed E-state index contributed by atoms with van der Waals surface area (Å²) in [5, 5.41) is 2.68. The van der Waals surface area contributed by atoms with Gasteiger partial charge in [-0.25, -0.2) is 0 Å². The molecule has 2 amide bonds. The van der Waals surface area contributed by atoms with Crippen LogP contribution in [0.15, 0.2) is 42.5 Å². The maximum Gasteiger partial charge on any atom is 0.266 e.